The lowest BCUT2D eigenvalue weighted by molar-refractivity contribution is 1.59. The van der Waals surface area contributed by atoms with Gasteiger partial charge in [0.2, 0.25) is 0 Å². The summed E-state index contributed by atoms with van der Waals surface area (Å²) >= 11 is 0. The van der Waals surface area contributed by atoms with Crippen LogP contribution in [0.1, 0.15) is 23.6 Å². The molecule has 0 aromatic heterocycles. The summed E-state index contributed by atoms with van der Waals surface area (Å²) in [5.41, 5.74) is 16.5. The fraction of sp³-hybridized carbons (Fsp3) is 0.0159. The summed E-state index contributed by atoms with van der Waals surface area (Å²) in [5.74, 6) is 0. The van der Waals surface area contributed by atoms with E-state index >= 15 is 0 Å². The molecule has 0 N–H and O–H groups in total. The first-order valence-electron chi connectivity index (χ1n) is 21.6. The highest BCUT2D eigenvalue weighted by Gasteiger charge is 2.32. The molecule has 63 heavy (non-hydrogen) atoms. The molecule has 0 saturated carbocycles. The van der Waals surface area contributed by atoms with Gasteiger partial charge in [-0.25, -0.2) is 0 Å². The Bertz CT molecular complexity index is 3490. The van der Waals surface area contributed by atoms with Gasteiger partial charge in [0.1, 0.15) is 0 Å². The largest absolute Gasteiger partial charge is 0.0990 e. The maximum atomic E-state index is 4.27. The first kappa shape index (κ1) is 39.1. The maximum absolute atomic E-state index is 4.27. The average molecular weight is 803 g/mol. The van der Waals surface area contributed by atoms with E-state index < -0.39 is 0 Å². The van der Waals surface area contributed by atoms with Crippen molar-refractivity contribution in [1.29, 1.82) is 0 Å². The minimum absolute atomic E-state index is 1.06. The van der Waals surface area contributed by atoms with Crippen LogP contribution in [0.4, 0.5) is 0 Å². The molecule has 0 heteroatoms. The van der Waals surface area contributed by atoms with Crippen LogP contribution in [0.3, 0.4) is 0 Å². The molecule has 10 rings (SSSR count). The van der Waals surface area contributed by atoms with E-state index in [0.717, 1.165) is 33.2 Å². The van der Waals surface area contributed by atoms with Crippen molar-refractivity contribution in [1.82, 2.24) is 0 Å². The number of hydrogen-bond donors (Lipinski definition) is 0. The Morgan fingerprint density at radius 1 is 0.429 bits per heavy atom. The van der Waals surface area contributed by atoms with Gasteiger partial charge in [-0.05, 0) is 152 Å². The molecule has 0 spiro atoms. The molecule has 298 valence electrons. The Morgan fingerprint density at radius 3 is 1.92 bits per heavy atom. The molecule has 0 bridgehead atoms. The number of hydrogen-bond acceptors (Lipinski definition) is 0. The fourth-order valence-corrected chi connectivity index (χ4v) is 9.78. The van der Waals surface area contributed by atoms with E-state index in [1.165, 1.54) is 87.8 Å². The molecule has 0 radical (unpaired) electrons. The zero-order valence-electron chi connectivity index (χ0n) is 35.5. The minimum atomic E-state index is 1.06. The van der Waals surface area contributed by atoms with Gasteiger partial charge in [0.15, 0.2) is 0 Å². The van der Waals surface area contributed by atoms with Crippen LogP contribution in [-0.2, 0) is 0 Å². The van der Waals surface area contributed by atoms with Gasteiger partial charge < -0.3 is 0 Å². The smallest absolute Gasteiger partial charge is 0.000719 e. The molecule has 0 heterocycles. The van der Waals surface area contributed by atoms with Crippen molar-refractivity contribution in [3.05, 3.63) is 249 Å². The molecule has 0 saturated heterocycles. The second-order valence-electron chi connectivity index (χ2n) is 16.0. The van der Waals surface area contributed by atoms with Crippen molar-refractivity contribution in [3.8, 4) is 55.6 Å². The molecule has 0 atom stereocenters. The molecule has 9 aromatic carbocycles. The van der Waals surface area contributed by atoms with Gasteiger partial charge in [-0.3, -0.25) is 0 Å². The molecule has 0 unspecified atom stereocenters. The third kappa shape index (κ3) is 6.74. The molecular formula is C63H46. The predicted molar refractivity (Wildman–Crippen MR) is 278 cm³/mol. The van der Waals surface area contributed by atoms with Crippen LogP contribution in [0.15, 0.2) is 232 Å². The zero-order valence-corrected chi connectivity index (χ0v) is 35.5. The third-order valence-electron chi connectivity index (χ3n) is 12.5. The van der Waals surface area contributed by atoms with E-state index in [4.69, 9.17) is 0 Å². The fourth-order valence-electron chi connectivity index (χ4n) is 9.78. The lowest BCUT2D eigenvalue weighted by Gasteiger charge is -2.22. The van der Waals surface area contributed by atoms with Gasteiger partial charge in [0.05, 0.1) is 0 Å². The van der Waals surface area contributed by atoms with Crippen LogP contribution in [0.5, 0.6) is 0 Å². The monoisotopic (exact) mass is 802 g/mol. The molecular weight excluding hydrogens is 757 g/mol. The van der Waals surface area contributed by atoms with Crippen LogP contribution in [0.25, 0.3) is 116 Å². The van der Waals surface area contributed by atoms with Gasteiger partial charge in [-0.2, -0.15) is 0 Å². The van der Waals surface area contributed by atoms with Gasteiger partial charge in [0, 0.05) is 0 Å². The van der Waals surface area contributed by atoms with E-state index in [9.17, 15) is 0 Å². The van der Waals surface area contributed by atoms with Crippen molar-refractivity contribution in [2.24, 2.45) is 0 Å². The zero-order chi connectivity index (χ0) is 42.9. The lowest BCUT2D eigenvalue weighted by atomic mass is 9.80. The van der Waals surface area contributed by atoms with E-state index in [0.29, 0.717) is 0 Å². The first-order chi connectivity index (χ1) is 31.1. The highest BCUT2D eigenvalue weighted by molar-refractivity contribution is 6.30. The number of rotatable bonds is 11. The molecule has 1 aliphatic rings. The highest BCUT2D eigenvalue weighted by atomic mass is 14.3. The van der Waals surface area contributed by atoms with Crippen molar-refractivity contribution in [2.75, 3.05) is 0 Å². The normalized spacial score (nSPS) is 12.6. The predicted octanol–water partition coefficient (Wildman–Crippen LogP) is 18.0. The Balaban J connectivity index is 1.37. The Hall–Kier alpha value is -8.06. The highest BCUT2D eigenvalue weighted by Crippen LogP contribution is 2.58. The third-order valence-corrected chi connectivity index (χ3v) is 12.5. The van der Waals surface area contributed by atoms with Gasteiger partial charge in [-0.1, -0.05) is 220 Å². The SMILES string of the molecule is C=C\C=C(/C=C\C=C\C=C\C=C/C)c1c2c(c(-c3cccc(-c4ccccc4)c3)c3ccc(-c4cc(C=C)c(C=C)c5ccccc45)cc13)-c1cccc3c1c-2cc1ccccc13. The standard InChI is InChI=1S/C63H46/c1-5-9-10-11-12-13-15-27-44(24-6-2)59-57-40-47(56-39-42(7-3)49(8-4)51-32-20-21-33-52(51)56)36-37-54(57)60(48-30-22-29-45(38-48)43-25-16-14-17-26-43)62-55-35-23-34-53-50-31-19-18-28-46(50)41-58(61(53)55)63(59)62/h5-41H,2-4H2,1H3/b9-5-,11-10+,13-12+,27-15-,44-24+. The first-order valence-corrected chi connectivity index (χ1v) is 21.6. The summed E-state index contributed by atoms with van der Waals surface area (Å²) in [7, 11) is 0. The summed E-state index contributed by atoms with van der Waals surface area (Å²) in [5, 5.41) is 9.75. The van der Waals surface area contributed by atoms with Crippen molar-refractivity contribution < 1.29 is 0 Å². The van der Waals surface area contributed by atoms with Crippen molar-refractivity contribution >= 4 is 60.8 Å². The number of fused-ring (bicyclic) bond motifs is 7. The van der Waals surface area contributed by atoms with Crippen LogP contribution in [-0.4, -0.2) is 0 Å². The Labute approximate surface area is 370 Å². The van der Waals surface area contributed by atoms with Gasteiger partial charge in [-0.15, -0.1) is 0 Å². The van der Waals surface area contributed by atoms with Crippen LogP contribution in [0.2, 0.25) is 0 Å². The number of allylic oxidation sites excluding steroid dienone is 11. The quantitative estimate of drug-likeness (QED) is 0.0903. The molecule has 0 nitrogen and oxygen atoms in total. The van der Waals surface area contributed by atoms with Gasteiger partial charge in [0.25, 0.3) is 0 Å². The summed E-state index contributed by atoms with van der Waals surface area (Å²) in [6, 6.07) is 56.0. The van der Waals surface area contributed by atoms with E-state index in [1.54, 1.807) is 0 Å². The average Bonchev–Trinajstić information content (AvgIpc) is 3.66. The number of benzene rings is 9. The second-order valence-corrected chi connectivity index (χ2v) is 16.0. The van der Waals surface area contributed by atoms with Crippen LogP contribution < -0.4 is 0 Å². The van der Waals surface area contributed by atoms with E-state index in [2.05, 4.69) is 208 Å². The topological polar surface area (TPSA) is 0 Å². The molecule has 1 aliphatic carbocycles. The van der Waals surface area contributed by atoms with Crippen LogP contribution >= 0.6 is 0 Å². The Morgan fingerprint density at radius 2 is 1.13 bits per heavy atom. The summed E-state index contributed by atoms with van der Waals surface area (Å²) in [4.78, 5) is 0. The van der Waals surface area contributed by atoms with Crippen molar-refractivity contribution in [2.45, 2.75) is 6.92 Å². The molecule has 9 aromatic rings. The summed E-state index contributed by atoms with van der Waals surface area (Å²) in [6.45, 7) is 14.7. The summed E-state index contributed by atoms with van der Waals surface area (Å²) < 4.78 is 0. The molecule has 0 aliphatic heterocycles. The molecule has 0 fully saturated rings. The van der Waals surface area contributed by atoms with Crippen molar-refractivity contribution in [3.63, 3.8) is 0 Å². The van der Waals surface area contributed by atoms with E-state index in [-0.39, 0.29) is 0 Å². The Kier molecular flexibility index (Phi) is 10.4. The lowest BCUT2D eigenvalue weighted by Crippen LogP contribution is -1.97. The van der Waals surface area contributed by atoms with Crippen LogP contribution in [0, 0.1) is 0 Å². The minimum Gasteiger partial charge on any atom is -0.0990 e. The maximum Gasteiger partial charge on any atom is -0.000719 e. The van der Waals surface area contributed by atoms with Gasteiger partial charge >= 0.3 is 0 Å². The molecule has 0 amide bonds. The summed E-state index contributed by atoms with van der Waals surface area (Å²) in [6.07, 6.45) is 24.7. The second kappa shape index (κ2) is 16.8. The van der Waals surface area contributed by atoms with E-state index in [1.807, 2.05) is 43.4 Å².